The fourth-order valence-corrected chi connectivity index (χ4v) is 2.07. The Hall–Kier alpha value is -1.02. The average molecular weight is 206 g/mol. The Bertz CT molecular complexity index is 354. The second-order valence-electron chi connectivity index (χ2n) is 4.35. The molecule has 1 aliphatic carbocycles. The Kier molecular flexibility index (Phi) is 2.70. The van der Waals surface area contributed by atoms with Crippen LogP contribution in [-0.4, -0.2) is 11.7 Å². The summed E-state index contributed by atoms with van der Waals surface area (Å²) < 4.78 is 5.48. The molecule has 1 N–H and O–H groups in total. The van der Waals surface area contributed by atoms with E-state index in [9.17, 15) is 5.11 Å². The molecule has 1 aromatic rings. The van der Waals surface area contributed by atoms with E-state index in [1.165, 1.54) is 0 Å². The van der Waals surface area contributed by atoms with Crippen LogP contribution in [0.15, 0.2) is 18.2 Å². The Morgan fingerprint density at radius 3 is 2.60 bits per heavy atom. The van der Waals surface area contributed by atoms with Crippen molar-refractivity contribution in [2.75, 3.05) is 6.61 Å². The number of aliphatic hydroxyl groups is 1. The van der Waals surface area contributed by atoms with Gasteiger partial charge in [-0.1, -0.05) is 6.07 Å². The van der Waals surface area contributed by atoms with Gasteiger partial charge in [0.2, 0.25) is 0 Å². The van der Waals surface area contributed by atoms with Crippen LogP contribution in [0.2, 0.25) is 0 Å². The van der Waals surface area contributed by atoms with Crippen molar-refractivity contribution in [2.45, 2.75) is 38.7 Å². The second kappa shape index (κ2) is 3.86. The molecule has 0 radical (unpaired) electrons. The summed E-state index contributed by atoms with van der Waals surface area (Å²) in [5, 5.41) is 10.2. The zero-order valence-corrected chi connectivity index (χ0v) is 9.42. The third-order valence-corrected chi connectivity index (χ3v) is 3.08. The van der Waals surface area contributed by atoms with E-state index < -0.39 is 5.60 Å². The molecule has 2 heteroatoms. The number of hydrogen-bond donors (Lipinski definition) is 1. The van der Waals surface area contributed by atoms with Crippen LogP contribution in [0.1, 0.15) is 37.3 Å². The topological polar surface area (TPSA) is 29.5 Å². The van der Waals surface area contributed by atoms with Crippen molar-refractivity contribution in [1.29, 1.82) is 0 Å². The quantitative estimate of drug-likeness (QED) is 0.824. The lowest BCUT2D eigenvalue weighted by molar-refractivity contribution is -0.0390. The summed E-state index contributed by atoms with van der Waals surface area (Å²) in [7, 11) is 0. The van der Waals surface area contributed by atoms with E-state index in [1.807, 2.05) is 26.0 Å². The fourth-order valence-electron chi connectivity index (χ4n) is 2.07. The van der Waals surface area contributed by atoms with Gasteiger partial charge in [0.05, 0.1) is 12.2 Å². The highest BCUT2D eigenvalue weighted by molar-refractivity contribution is 5.37. The largest absolute Gasteiger partial charge is 0.494 e. The van der Waals surface area contributed by atoms with Crippen LogP contribution in [0.4, 0.5) is 0 Å². The summed E-state index contributed by atoms with van der Waals surface area (Å²) in [6.07, 6.45) is 2.87. The normalized spacial score (nSPS) is 18.3. The minimum Gasteiger partial charge on any atom is -0.494 e. The third-order valence-electron chi connectivity index (χ3n) is 3.08. The van der Waals surface area contributed by atoms with Crippen molar-refractivity contribution in [2.24, 2.45) is 0 Å². The fraction of sp³-hybridized carbons (Fsp3) is 0.538. The van der Waals surface area contributed by atoms with Crippen molar-refractivity contribution in [1.82, 2.24) is 0 Å². The van der Waals surface area contributed by atoms with Crippen LogP contribution in [0.25, 0.3) is 0 Å². The zero-order chi connectivity index (χ0) is 10.9. The lowest BCUT2D eigenvalue weighted by Gasteiger charge is -2.37. The molecule has 0 heterocycles. The molecule has 0 bridgehead atoms. The Morgan fingerprint density at radius 2 is 2.07 bits per heavy atom. The number of aryl methyl sites for hydroxylation is 1. The lowest BCUT2D eigenvalue weighted by atomic mass is 9.75. The molecule has 15 heavy (non-hydrogen) atoms. The second-order valence-corrected chi connectivity index (χ2v) is 4.35. The first-order chi connectivity index (χ1) is 7.14. The predicted molar refractivity (Wildman–Crippen MR) is 60.1 cm³/mol. The van der Waals surface area contributed by atoms with Crippen molar-refractivity contribution >= 4 is 0 Å². The van der Waals surface area contributed by atoms with E-state index >= 15 is 0 Å². The molecule has 1 fully saturated rings. The molecule has 0 spiro atoms. The lowest BCUT2D eigenvalue weighted by Crippen LogP contribution is -2.33. The highest BCUT2D eigenvalue weighted by atomic mass is 16.5. The van der Waals surface area contributed by atoms with Crippen molar-refractivity contribution < 1.29 is 9.84 Å². The van der Waals surface area contributed by atoms with Gasteiger partial charge in [-0.3, -0.25) is 0 Å². The highest BCUT2D eigenvalue weighted by Gasteiger charge is 2.36. The molecule has 0 aromatic heterocycles. The van der Waals surface area contributed by atoms with Gasteiger partial charge < -0.3 is 9.84 Å². The van der Waals surface area contributed by atoms with E-state index in [2.05, 4.69) is 6.07 Å². The molecule has 1 saturated carbocycles. The first kappa shape index (κ1) is 10.5. The number of benzene rings is 1. The van der Waals surface area contributed by atoms with E-state index in [0.29, 0.717) is 6.61 Å². The molecule has 2 nitrogen and oxygen atoms in total. The van der Waals surface area contributed by atoms with Gasteiger partial charge in [-0.15, -0.1) is 0 Å². The minimum absolute atomic E-state index is 0.585. The van der Waals surface area contributed by atoms with Gasteiger partial charge in [0.1, 0.15) is 5.75 Å². The summed E-state index contributed by atoms with van der Waals surface area (Å²) in [6, 6.07) is 6.03. The summed E-state index contributed by atoms with van der Waals surface area (Å²) >= 11 is 0. The maximum Gasteiger partial charge on any atom is 0.119 e. The summed E-state index contributed by atoms with van der Waals surface area (Å²) in [5.74, 6) is 0.868. The smallest absolute Gasteiger partial charge is 0.119 e. The van der Waals surface area contributed by atoms with Crippen LogP contribution in [-0.2, 0) is 5.60 Å². The molecule has 0 unspecified atom stereocenters. The first-order valence-electron chi connectivity index (χ1n) is 5.61. The molecule has 0 amide bonds. The summed E-state index contributed by atoms with van der Waals surface area (Å²) in [4.78, 5) is 0. The van der Waals surface area contributed by atoms with E-state index in [0.717, 1.165) is 36.1 Å². The van der Waals surface area contributed by atoms with E-state index in [-0.39, 0.29) is 0 Å². The number of hydrogen-bond acceptors (Lipinski definition) is 2. The van der Waals surface area contributed by atoms with Crippen molar-refractivity contribution in [3.63, 3.8) is 0 Å². The molecular weight excluding hydrogens is 188 g/mol. The third kappa shape index (κ3) is 2.00. The molecule has 1 aromatic carbocycles. The monoisotopic (exact) mass is 206 g/mol. The molecular formula is C13H18O2. The van der Waals surface area contributed by atoms with Gasteiger partial charge in [-0.2, -0.15) is 0 Å². The van der Waals surface area contributed by atoms with Crippen molar-refractivity contribution in [3.8, 4) is 5.75 Å². The van der Waals surface area contributed by atoms with E-state index in [1.54, 1.807) is 0 Å². The zero-order valence-electron chi connectivity index (χ0n) is 9.42. The predicted octanol–water partition coefficient (Wildman–Crippen LogP) is 2.77. The Labute approximate surface area is 90.9 Å². The van der Waals surface area contributed by atoms with Crippen LogP contribution in [0, 0.1) is 6.92 Å². The summed E-state index contributed by atoms with van der Waals surface area (Å²) in [5.41, 5.74) is 1.58. The number of rotatable bonds is 3. The van der Waals surface area contributed by atoms with Gasteiger partial charge >= 0.3 is 0 Å². The molecule has 1 aliphatic rings. The Balaban J connectivity index is 2.30. The Morgan fingerprint density at radius 1 is 1.33 bits per heavy atom. The van der Waals surface area contributed by atoms with Crippen molar-refractivity contribution in [3.05, 3.63) is 29.3 Å². The number of ether oxygens (including phenoxy) is 1. The van der Waals surface area contributed by atoms with Crippen LogP contribution < -0.4 is 4.74 Å². The SMILES string of the molecule is CCOc1cc(C)cc(C2(O)CCC2)c1. The van der Waals surface area contributed by atoms with Gasteiger partial charge in [0, 0.05) is 0 Å². The molecule has 0 atom stereocenters. The molecule has 0 aliphatic heterocycles. The minimum atomic E-state index is -0.585. The molecule has 2 rings (SSSR count). The maximum atomic E-state index is 10.2. The first-order valence-corrected chi connectivity index (χ1v) is 5.61. The van der Waals surface area contributed by atoms with Crippen LogP contribution in [0.5, 0.6) is 5.75 Å². The van der Waals surface area contributed by atoms with Gasteiger partial charge in [-0.05, 0) is 56.4 Å². The highest BCUT2D eigenvalue weighted by Crippen LogP contribution is 2.42. The van der Waals surface area contributed by atoms with E-state index in [4.69, 9.17) is 4.74 Å². The van der Waals surface area contributed by atoms with Gasteiger partial charge in [0.15, 0.2) is 0 Å². The standard InChI is InChI=1S/C13H18O2/c1-3-15-12-8-10(2)7-11(9-12)13(14)5-4-6-13/h7-9,14H,3-6H2,1-2H3. The van der Waals surface area contributed by atoms with Crippen LogP contribution >= 0.6 is 0 Å². The maximum absolute atomic E-state index is 10.2. The average Bonchev–Trinajstić information content (AvgIpc) is 2.14. The van der Waals surface area contributed by atoms with Crippen LogP contribution in [0.3, 0.4) is 0 Å². The summed E-state index contributed by atoms with van der Waals surface area (Å²) in [6.45, 7) is 4.68. The molecule has 0 saturated heterocycles. The van der Waals surface area contributed by atoms with Gasteiger partial charge in [-0.25, -0.2) is 0 Å². The molecule has 82 valence electrons. The van der Waals surface area contributed by atoms with Gasteiger partial charge in [0.25, 0.3) is 0 Å².